The van der Waals surface area contributed by atoms with Crippen LogP contribution in [0.3, 0.4) is 0 Å². The smallest absolute Gasteiger partial charge is 0.307 e. The Hall–Kier alpha value is -2.32. The SMILES string of the molecule is O=C(CCP(c1ccccc1)c1ccccc1)OC1C(=O)CCC1=O. The van der Waals surface area contributed by atoms with Crippen LogP contribution in [0.1, 0.15) is 19.3 Å². The molecule has 0 aliphatic heterocycles. The van der Waals surface area contributed by atoms with Gasteiger partial charge in [-0.25, -0.2) is 0 Å². The van der Waals surface area contributed by atoms with E-state index in [1.807, 2.05) is 36.4 Å². The zero-order valence-corrected chi connectivity index (χ0v) is 14.7. The Bertz CT molecular complexity index is 702. The van der Waals surface area contributed by atoms with E-state index >= 15 is 0 Å². The maximum absolute atomic E-state index is 12.1. The maximum Gasteiger partial charge on any atom is 0.307 e. The third kappa shape index (κ3) is 4.40. The van der Waals surface area contributed by atoms with Gasteiger partial charge in [-0.15, -0.1) is 0 Å². The van der Waals surface area contributed by atoms with Crippen molar-refractivity contribution < 1.29 is 19.1 Å². The third-order valence-corrected chi connectivity index (χ3v) is 6.64. The van der Waals surface area contributed by atoms with Crippen LogP contribution in [0.15, 0.2) is 60.7 Å². The lowest BCUT2D eigenvalue weighted by atomic mass is 10.3. The molecular formula is C20H19O4P. The summed E-state index contributed by atoms with van der Waals surface area (Å²) >= 11 is 0. The van der Waals surface area contributed by atoms with E-state index < -0.39 is 20.0 Å². The van der Waals surface area contributed by atoms with E-state index in [-0.39, 0.29) is 30.8 Å². The molecule has 1 aliphatic carbocycles. The van der Waals surface area contributed by atoms with Crippen LogP contribution in [0.2, 0.25) is 0 Å². The van der Waals surface area contributed by atoms with Crippen molar-refractivity contribution in [2.45, 2.75) is 25.4 Å². The average Bonchev–Trinajstić information content (AvgIpc) is 2.96. The van der Waals surface area contributed by atoms with Crippen LogP contribution in [0.5, 0.6) is 0 Å². The molecule has 1 aliphatic rings. The molecule has 0 heterocycles. The van der Waals surface area contributed by atoms with Crippen LogP contribution >= 0.6 is 7.92 Å². The van der Waals surface area contributed by atoms with Gasteiger partial charge >= 0.3 is 5.97 Å². The molecule has 4 nitrogen and oxygen atoms in total. The second kappa shape index (κ2) is 8.17. The van der Waals surface area contributed by atoms with E-state index in [0.29, 0.717) is 6.16 Å². The van der Waals surface area contributed by atoms with E-state index in [1.54, 1.807) is 0 Å². The molecule has 2 aromatic carbocycles. The Morgan fingerprint density at radius 1 is 0.880 bits per heavy atom. The van der Waals surface area contributed by atoms with Crippen molar-refractivity contribution in [1.82, 2.24) is 0 Å². The van der Waals surface area contributed by atoms with Crippen molar-refractivity contribution in [2.24, 2.45) is 0 Å². The van der Waals surface area contributed by atoms with E-state index in [1.165, 1.54) is 10.6 Å². The molecule has 5 heteroatoms. The van der Waals surface area contributed by atoms with Gasteiger partial charge in [-0.05, 0) is 24.7 Å². The number of carbonyl (C=O) groups is 3. The summed E-state index contributed by atoms with van der Waals surface area (Å²) in [5.41, 5.74) is 0. The summed E-state index contributed by atoms with van der Waals surface area (Å²) in [5, 5.41) is 2.37. The number of Topliss-reactive ketones (excluding diaryl/α,β-unsaturated/α-hetero) is 2. The number of benzene rings is 2. The standard InChI is InChI=1S/C20H19O4P/c21-17-11-12-18(22)20(17)24-19(23)13-14-25(15-7-3-1-4-8-15)16-9-5-2-6-10-16/h1-10,20H,11-14H2. The number of hydrogen-bond acceptors (Lipinski definition) is 4. The van der Waals surface area contributed by atoms with Gasteiger partial charge in [0.1, 0.15) is 0 Å². The normalized spacial score (nSPS) is 14.9. The van der Waals surface area contributed by atoms with Crippen molar-refractivity contribution in [3.63, 3.8) is 0 Å². The lowest BCUT2D eigenvalue weighted by molar-refractivity contribution is -0.157. The zero-order valence-electron chi connectivity index (χ0n) is 13.8. The summed E-state index contributed by atoms with van der Waals surface area (Å²) in [6.07, 6.45) is -0.00835. The minimum absolute atomic E-state index is 0.178. The maximum atomic E-state index is 12.1. The van der Waals surface area contributed by atoms with Crippen LogP contribution in [0.25, 0.3) is 0 Å². The van der Waals surface area contributed by atoms with E-state index in [0.717, 1.165) is 0 Å². The summed E-state index contributed by atoms with van der Waals surface area (Å²) in [5.74, 6) is -1.05. The van der Waals surface area contributed by atoms with Gasteiger partial charge in [0, 0.05) is 12.8 Å². The fourth-order valence-corrected chi connectivity index (χ4v) is 5.12. The second-order valence-corrected chi connectivity index (χ2v) is 8.21. The van der Waals surface area contributed by atoms with Crippen molar-refractivity contribution in [2.75, 3.05) is 6.16 Å². The average molecular weight is 354 g/mol. The van der Waals surface area contributed by atoms with Crippen molar-refractivity contribution in [1.29, 1.82) is 0 Å². The van der Waals surface area contributed by atoms with Crippen molar-refractivity contribution >= 4 is 36.1 Å². The molecule has 0 atom stereocenters. The lowest BCUT2D eigenvalue weighted by Gasteiger charge is -2.18. The number of esters is 1. The topological polar surface area (TPSA) is 60.4 Å². The Morgan fingerprint density at radius 2 is 1.36 bits per heavy atom. The molecule has 0 N–H and O–H groups in total. The Kier molecular flexibility index (Phi) is 5.72. The highest BCUT2D eigenvalue weighted by molar-refractivity contribution is 7.73. The highest BCUT2D eigenvalue weighted by Crippen LogP contribution is 2.34. The first kappa shape index (κ1) is 17.5. The molecule has 0 bridgehead atoms. The van der Waals surface area contributed by atoms with Crippen LogP contribution in [-0.4, -0.2) is 29.8 Å². The fourth-order valence-electron chi connectivity index (χ4n) is 2.84. The number of rotatable bonds is 6. The first-order valence-corrected chi connectivity index (χ1v) is 9.80. The second-order valence-electron chi connectivity index (χ2n) is 5.88. The minimum Gasteiger partial charge on any atom is -0.446 e. The molecule has 0 saturated heterocycles. The molecule has 1 saturated carbocycles. The molecule has 2 aromatic rings. The highest BCUT2D eigenvalue weighted by atomic mass is 31.1. The number of ketones is 2. The first-order chi connectivity index (χ1) is 12.1. The Labute approximate surface area is 147 Å². The molecular weight excluding hydrogens is 335 g/mol. The monoisotopic (exact) mass is 354 g/mol. The van der Waals surface area contributed by atoms with Crippen LogP contribution in [0, 0.1) is 0 Å². The number of carbonyl (C=O) groups excluding carboxylic acids is 3. The van der Waals surface area contributed by atoms with Gasteiger partial charge in [0.15, 0.2) is 11.6 Å². The molecule has 0 amide bonds. The summed E-state index contributed by atoms with van der Waals surface area (Å²) in [6.45, 7) is 0. The third-order valence-electron chi connectivity index (χ3n) is 4.13. The Morgan fingerprint density at radius 3 is 1.84 bits per heavy atom. The summed E-state index contributed by atoms with van der Waals surface area (Å²) in [4.78, 5) is 35.4. The predicted molar refractivity (Wildman–Crippen MR) is 97.7 cm³/mol. The van der Waals surface area contributed by atoms with Crippen LogP contribution in [-0.2, 0) is 19.1 Å². The van der Waals surface area contributed by atoms with Gasteiger partial charge < -0.3 is 4.74 Å². The van der Waals surface area contributed by atoms with E-state index in [4.69, 9.17) is 4.74 Å². The van der Waals surface area contributed by atoms with Crippen LogP contribution in [0.4, 0.5) is 0 Å². The number of ether oxygens (including phenoxy) is 1. The molecule has 0 radical (unpaired) electrons. The molecule has 1 fully saturated rings. The predicted octanol–water partition coefficient (Wildman–Crippen LogP) is 2.35. The van der Waals surface area contributed by atoms with Crippen molar-refractivity contribution in [3.05, 3.63) is 60.7 Å². The van der Waals surface area contributed by atoms with E-state index in [9.17, 15) is 14.4 Å². The van der Waals surface area contributed by atoms with Gasteiger partial charge in [-0.2, -0.15) is 0 Å². The van der Waals surface area contributed by atoms with Gasteiger partial charge in [0.2, 0.25) is 6.10 Å². The van der Waals surface area contributed by atoms with Gasteiger partial charge in [0.05, 0.1) is 6.42 Å². The number of hydrogen-bond donors (Lipinski definition) is 0. The van der Waals surface area contributed by atoms with E-state index in [2.05, 4.69) is 24.3 Å². The van der Waals surface area contributed by atoms with Crippen molar-refractivity contribution in [3.8, 4) is 0 Å². The molecule has 128 valence electrons. The fraction of sp³-hybridized carbons (Fsp3) is 0.250. The zero-order chi connectivity index (χ0) is 17.6. The quantitative estimate of drug-likeness (QED) is 0.454. The van der Waals surface area contributed by atoms with Gasteiger partial charge in [0.25, 0.3) is 0 Å². The molecule has 0 aromatic heterocycles. The van der Waals surface area contributed by atoms with Crippen LogP contribution < -0.4 is 10.6 Å². The summed E-state index contributed by atoms with van der Waals surface area (Å²) < 4.78 is 5.13. The summed E-state index contributed by atoms with van der Waals surface area (Å²) in [7, 11) is -0.694. The van der Waals surface area contributed by atoms with Gasteiger partial charge in [-0.3, -0.25) is 14.4 Å². The molecule has 25 heavy (non-hydrogen) atoms. The first-order valence-electron chi connectivity index (χ1n) is 8.28. The highest BCUT2D eigenvalue weighted by Gasteiger charge is 2.36. The molecule has 0 spiro atoms. The lowest BCUT2D eigenvalue weighted by Crippen LogP contribution is -2.28. The van der Waals surface area contributed by atoms with Gasteiger partial charge in [-0.1, -0.05) is 60.7 Å². The Balaban J connectivity index is 1.68. The minimum atomic E-state index is -1.17. The summed E-state index contributed by atoms with van der Waals surface area (Å²) in [6, 6.07) is 20.1. The molecule has 3 rings (SSSR count). The molecule has 0 unspecified atom stereocenters. The largest absolute Gasteiger partial charge is 0.446 e.